The summed E-state index contributed by atoms with van der Waals surface area (Å²) in [6.07, 6.45) is 4.97. The molecule has 162 valence electrons. The Morgan fingerprint density at radius 3 is 2.84 bits per heavy atom. The molecule has 0 radical (unpaired) electrons. The van der Waals surface area contributed by atoms with Gasteiger partial charge in [-0.15, -0.1) is 0 Å². The highest BCUT2D eigenvalue weighted by molar-refractivity contribution is 7.22. The molecule has 1 fully saturated rings. The van der Waals surface area contributed by atoms with Crippen LogP contribution in [0.25, 0.3) is 16.3 Å². The van der Waals surface area contributed by atoms with Crippen molar-refractivity contribution >= 4 is 38.7 Å². The number of nitrogens with zero attached hydrogens (tertiary/aromatic N) is 2. The third-order valence-electron chi connectivity index (χ3n) is 5.09. The van der Waals surface area contributed by atoms with Crippen LogP contribution in [0.5, 0.6) is 11.5 Å². The molecule has 1 saturated heterocycles. The van der Waals surface area contributed by atoms with Gasteiger partial charge >= 0.3 is 0 Å². The van der Waals surface area contributed by atoms with Gasteiger partial charge in [-0.25, -0.2) is 9.37 Å². The van der Waals surface area contributed by atoms with Crippen molar-refractivity contribution < 1.29 is 23.4 Å². The molecule has 4 rings (SSSR count). The summed E-state index contributed by atoms with van der Waals surface area (Å²) in [7, 11) is 3.13. The minimum Gasteiger partial charge on any atom is -0.493 e. The van der Waals surface area contributed by atoms with Crippen molar-refractivity contribution in [3.05, 3.63) is 53.9 Å². The topological polar surface area (TPSA) is 60.9 Å². The maximum absolute atomic E-state index is 14.2. The lowest BCUT2D eigenvalue weighted by Crippen LogP contribution is -2.36. The number of thiazole rings is 1. The van der Waals surface area contributed by atoms with E-state index in [0.29, 0.717) is 34.5 Å². The van der Waals surface area contributed by atoms with Crippen LogP contribution in [0.2, 0.25) is 0 Å². The fourth-order valence-corrected chi connectivity index (χ4v) is 4.48. The second kappa shape index (κ2) is 9.45. The molecule has 0 saturated carbocycles. The first kappa shape index (κ1) is 21.3. The van der Waals surface area contributed by atoms with E-state index in [1.807, 2.05) is 6.07 Å². The largest absolute Gasteiger partial charge is 0.493 e. The Kier molecular flexibility index (Phi) is 6.48. The molecule has 8 heteroatoms. The Balaban J connectivity index is 1.62. The van der Waals surface area contributed by atoms with E-state index in [2.05, 4.69) is 4.98 Å². The van der Waals surface area contributed by atoms with Crippen molar-refractivity contribution in [2.24, 2.45) is 0 Å². The number of fused-ring (bicyclic) bond motifs is 1. The number of aromatic nitrogens is 1. The summed E-state index contributed by atoms with van der Waals surface area (Å²) >= 11 is 1.29. The van der Waals surface area contributed by atoms with Gasteiger partial charge in [-0.2, -0.15) is 0 Å². The highest BCUT2D eigenvalue weighted by Gasteiger charge is 2.25. The second-order valence-electron chi connectivity index (χ2n) is 7.11. The van der Waals surface area contributed by atoms with E-state index >= 15 is 0 Å². The molecule has 1 aliphatic heterocycles. The Hall–Kier alpha value is -2.97. The normalized spacial score (nSPS) is 16.2. The van der Waals surface area contributed by atoms with Crippen molar-refractivity contribution in [2.45, 2.75) is 18.9 Å². The number of rotatable bonds is 7. The monoisotopic (exact) mass is 442 g/mol. The predicted molar refractivity (Wildman–Crippen MR) is 119 cm³/mol. The minimum atomic E-state index is -0.398. The van der Waals surface area contributed by atoms with Gasteiger partial charge in [0.15, 0.2) is 16.6 Å². The lowest BCUT2D eigenvalue weighted by molar-refractivity contribution is -0.114. The van der Waals surface area contributed by atoms with Crippen molar-refractivity contribution in [2.75, 3.05) is 32.3 Å². The number of para-hydroxylation sites is 1. The molecule has 31 heavy (non-hydrogen) atoms. The average Bonchev–Trinajstić information content (AvgIpc) is 3.46. The quantitative estimate of drug-likeness (QED) is 0.498. The molecule has 0 unspecified atom stereocenters. The van der Waals surface area contributed by atoms with Crippen LogP contribution in [-0.4, -0.2) is 44.4 Å². The smallest absolute Gasteiger partial charge is 0.252 e. The maximum Gasteiger partial charge on any atom is 0.252 e. The van der Waals surface area contributed by atoms with Crippen LogP contribution in [0.4, 0.5) is 9.52 Å². The summed E-state index contributed by atoms with van der Waals surface area (Å²) in [5.41, 5.74) is 1.06. The molecule has 1 amide bonds. The van der Waals surface area contributed by atoms with Gasteiger partial charge in [0.05, 0.1) is 31.6 Å². The molecule has 1 aliphatic rings. The number of benzene rings is 2. The number of carbonyl (C=O) groups excluding carboxylic acids is 1. The molecule has 2 heterocycles. The lowest BCUT2D eigenvalue weighted by atomic mass is 10.2. The van der Waals surface area contributed by atoms with E-state index in [9.17, 15) is 9.18 Å². The average molecular weight is 443 g/mol. The molecular weight excluding hydrogens is 419 g/mol. The van der Waals surface area contributed by atoms with Crippen molar-refractivity contribution in [3.63, 3.8) is 0 Å². The van der Waals surface area contributed by atoms with Gasteiger partial charge in [-0.3, -0.25) is 9.69 Å². The number of amides is 1. The van der Waals surface area contributed by atoms with E-state index in [4.69, 9.17) is 14.2 Å². The fourth-order valence-electron chi connectivity index (χ4n) is 3.49. The second-order valence-corrected chi connectivity index (χ2v) is 8.12. The Morgan fingerprint density at radius 2 is 2.13 bits per heavy atom. The number of anilines is 1. The van der Waals surface area contributed by atoms with Crippen molar-refractivity contribution in [3.8, 4) is 11.5 Å². The molecule has 0 spiro atoms. The number of halogens is 1. The molecule has 3 aromatic rings. The first-order chi connectivity index (χ1) is 15.1. The van der Waals surface area contributed by atoms with Crippen LogP contribution in [0, 0.1) is 5.82 Å². The predicted octanol–water partition coefficient (Wildman–Crippen LogP) is 4.68. The van der Waals surface area contributed by atoms with Gasteiger partial charge in [0.1, 0.15) is 11.3 Å². The van der Waals surface area contributed by atoms with Crippen LogP contribution < -0.4 is 14.4 Å². The standard InChI is InChI=1S/C23H23FN2O4S/c1-28-18-10-8-15(13-19(18)29-2)9-11-21(27)26(14-16-5-4-12-30-16)23-25-22-17(24)6-3-7-20(22)31-23/h3,6-11,13,16H,4-5,12,14H2,1-2H3/b11-9+/t16-/m0/s1. The molecule has 0 bridgehead atoms. The fraction of sp³-hybridized carbons (Fsp3) is 0.304. The summed E-state index contributed by atoms with van der Waals surface area (Å²) in [6.45, 7) is 1.05. The molecule has 0 N–H and O–H groups in total. The molecule has 1 aromatic heterocycles. The van der Waals surface area contributed by atoms with E-state index in [1.165, 1.54) is 23.5 Å². The van der Waals surface area contributed by atoms with E-state index in [-0.39, 0.29) is 17.5 Å². The molecule has 6 nitrogen and oxygen atoms in total. The van der Waals surface area contributed by atoms with Gasteiger partial charge in [0.2, 0.25) is 0 Å². The van der Waals surface area contributed by atoms with Gasteiger partial charge in [-0.05, 0) is 48.7 Å². The molecule has 0 aliphatic carbocycles. The van der Waals surface area contributed by atoms with Gasteiger partial charge in [-0.1, -0.05) is 23.5 Å². The molecular formula is C23H23FN2O4S. The van der Waals surface area contributed by atoms with E-state index in [1.54, 1.807) is 49.5 Å². The van der Waals surface area contributed by atoms with Gasteiger partial charge < -0.3 is 14.2 Å². The van der Waals surface area contributed by atoms with Gasteiger partial charge in [0, 0.05) is 12.7 Å². The Labute approximate surface area is 183 Å². The van der Waals surface area contributed by atoms with Crippen LogP contribution in [0.1, 0.15) is 18.4 Å². The SMILES string of the molecule is COc1ccc(/C=C/C(=O)N(C[C@@H]2CCCO2)c2nc3c(F)cccc3s2)cc1OC. The summed E-state index contributed by atoms with van der Waals surface area (Å²) in [4.78, 5) is 19.1. The summed E-state index contributed by atoms with van der Waals surface area (Å²) < 4.78 is 31.1. The Morgan fingerprint density at radius 1 is 1.29 bits per heavy atom. The molecule has 1 atom stereocenters. The zero-order valence-electron chi connectivity index (χ0n) is 17.3. The zero-order valence-corrected chi connectivity index (χ0v) is 18.2. The Bertz CT molecular complexity index is 1110. The summed E-state index contributed by atoms with van der Waals surface area (Å²) in [5.74, 6) is 0.549. The van der Waals surface area contributed by atoms with Crippen LogP contribution in [0.15, 0.2) is 42.5 Å². The molecule has 2 aromatic carbocycles. The summed E-state index contributed by atoms with van der Waals surface area (Å²) in [5, 5.41) is 0.456. The number of ether oxygens (including phenoxy) is 3. The number of hydrogen-bond donors (Lipinski definition) is 0. The van der Waals surface area contributed by atoms with Crippen LogP contribution in [0.3, 0.4) is 0 Å². The first-order valence-electron chi connectivity index (χ1n) is 9.97. The highest BCUT2D eigenvalue weighted by Crippen LogP contribution is 2.32. The highest BCUT2D eigenvalue weighted by atomic mass is 32.1. The van der Waals surface area contributed by atoms with Crippen molar-refractivity contribution in [1.29, 1.82) is 0 Å². The number of methoxy groups -OCH3 is 2. The van der Waals surface area contributed by atoms with E-state index in [0.717, 1.165) is 18.4 Å². The number of carbonyl (C=O) groups is 1. The van der Waals surface area contributed by atoms with Crippen LogP contribution in [-0.2, 0) is 9.53 Å². The van der Waals surface area contributed by atoms with Crippen molar-refractivity contribution in [1.82, 2.24) is 4.98 Å². The first-order valence-corrected chi connectivity index (χ1v) is 10.8. The minimum absolute atomic E-state index is 0.0599. The lowest BCUT2D eigenvalue weighted by Gasteiger charge is -2.21. The summed E-state index contributed by atoms with van der Waals surface area (Å²) in [6, 6.07) is 10.2. The van der Waals surface area contributed by atoms with E-state index < -0.39 is 5.82 Å². The maximum atomic E-state index is 14.2. The third kappa shape index (κ3) is 4.70. The zero-order chi connectivity index (χ0) is 21.8. The third-order valence-corrected chi connectivity index (χ3v) is 6.14. The number of hydrogen-bond acceptors (Lipinski definition) is 6. The van der Waals surface area contributed by atoms with Gasteiger partial charge in [0.25, 0.3) is 5.91 Å². The van der Waals surface area contributed by atoms with Crippen LogP contribution >= 0.6 is 11.3 Å².